The van der Waals surface area contributed by atoms with Gasteiger partial charge < -0.3 is 15.6 Å². The maximum Gasteiger partial charge on any atom is 0.0769 e. The summed E-state index contributed by atoms with van der Waals surface area (Å²) in [4.78, 5) is 0. The molecule has 1 heterocycles. The highest BCUT2D eigenvalue weighted by Gasteiger charge is 2.61. The van der Waals surface area contributed by atoms with Crippen molar-refractivity contribution < 1.29 is 9.84 Å². The number of fused-ring (bicyclic) bond motifs is 2. The molecule has 4 unspecified atom stereocenters. The molecule has 2 saturated carbocycles. The SMILES string of the molecule is NCC1(C2(O)CC3CCC2C3)CCOC1. The van der Waals surface area contributed by atoms with Crippen LogP contribution in [0.4, 0.5) is 0 Å². The number of ether oxygens (including phenoxy) is 1. The summed E-state index contributed by atoms with van der Waals surface area (Å²) in [6, 6.07) is 0. The smallest absolute Gasteiger partial charge is 0.0769 e. The van der Waals surface area contributed by atoms with Gasteiger partial charge >= 0.3 is 0 Å². The van der Waals surface area contributed by atoms with Gasteiger partial charge in [-0.25, -0.2) is 0 Å². The first kappa shape index (κ1) is 10.1. The third-order valence-corrected chi connectivity index (χ3v) is 5.23. The molecule has 3 fully saturated rings. The Kier molecular flexibility index (Phi) is 2.14. The Morgan fingerprint density at radius 2 is 2.27 bits per heavy atom. The average molecular weight is 211 g/mol. The lowest BCUT2D eigenvalue weighted by Gasteiger charge is -2.46. The lowest BCUT2D eigenvalue weighted by Crippen LogP contribution is -2.56. The first-order chi connectivity index (χ1) is 7.20. The second-order valence-electron chi connectivity index (χ2n) is 5.79. The van der Waals surface area contributed by atoms with Crippen LogP contribution in [0.15, 0.2) is 0 Å². The summed E-state index contributed by atoms with van der Waals surface area (Å²) in [7, 11) is 0. The monoisotopic (exact) mass is 211 g/mol. The molecule has 1 saturated heterocycles. The van der Waals surface area contributed by atoms with Crippen LogP contribution in [0.2, 0.25) is 0 Å². The Morgan fingerprint density at radius 1 is 1.40 bits per heavy atom. The minimum Gasteiger partial charge on any atom is -0.389 e. The molecule has 1 aliphatic heterocycles. The summed E-state index contributed by atoms with van der Waals surface area (Å²) in [5.74, 6) is 1.25. The van der Waals surface area contributed by atoms with Crippen molar-refractivity contribution in [3.05, 3.63) is 0 Å². The molecule has 2 bridgehead atoms. The van der Waals surface area contributed by atoms with Crippen LogP contribution in [0, 0.1) is 17.3 Å². The molecule has 0 radical (unpaired) electrons. The van der Waals surface area contributed by atoms with Gasteiger partial charge in [-0.1, -0.05) is 0 Å². The minimum absolute atomic E-state index is 0.132. The van der Waals surface area contributed by atoms with Gasteiger partial charge in [0.1, 0.15) is 0 Å². The molecule has 0 amide bonds. The Labute approximate surface area is 91.0 Å². The third kappa shape index (κ3) is 1.17. The fraction of sp³-hybridized carbons (Fsp3) is 1.00. The zero-order chi connectivity index (χ0) is 10.5. The van der Waals surface area contributed by atoms with Crippen LogP contribution < -0.4 is 5.73 Å². The molecule has 0 aromatic heterocycles. The van der Waals surface area contributed by atoms with Gasteiger partial charge in [-0.2, -0.15) is 0 Å². The lowest BCUT2D eigenvalue weighted by atomic mass is 9.64. The molecule has 3 heteroatoms. The molecule has 4 atom stereocenters. The van der Waals surface area contributed by atoms with Gasteiger partial charge in [0, 0.05) is 18.6 Å². The molecule has 2 aliphatic carbocycles. The zero-order valence-corrected chi connectivity index (χ0v) is 9.24. The van der Waals surface area contributed by atoms with Gasteiger partial charge in [-0.15, -0.1) is 0 Å². The maximum absolute atomic E-state index is 11.0. The Bertz CT molecular complexity index is 262. The first-order valence-corrected chi connectivity index (χ1v) is 6.20. The van der Waals surface area contributed by atoms with Crippen LogP contribution in [0.25, 0.3) is 0 Å². The van der Waals surface area contributed by atoms with E-state index in [9.17, 15) is 5.11 Å². The molecular weight excluding hydrogens is 190 g/mol. The third-order valence-electron chi connectivity index (χ3n) is 5.23. The van der Waals surface area contributed by atoms with E-state index in [1.807, 2.05) is 0 Å². The number of hydrogen-bond donors (Lipinski definition) is 2. The number of rotatable bonds is 2. The van der Waals surface area contributed by atoms with Crippen molar-refractivity contribution in [2.45, 2.75) is 37.7 Å². The highest BCUT2D eigenvalue weighted by molar-refractivity contribution is 5.12. The number of hydrogen-bond acceptors (Lipinski definition) is 3. The quantitative estimate of drug-likeness (QED) is 0.713. The number of nitrogens with two attached hydrogens (primary N) is 1. The van der Waals surface area contributed by atoms with E-state index in [2.05, 4.69) is 0 Å². The summed E-state index contributed by atoms with van der Waals surface area (Å²) in [6.45, 7) is 2.02. The van der Waals surface area contributed by atoms with Gasteiger partial charge in [-0.05, 0) is 43.9 Å². The summed E-state index contributed by atoms with van der Waals surface area (Å²) in [5, 5.41) is 11.0. The predicted molar refractivity (Wildman–Crippen MR) is 57.3 cm³/mol. The van der Waals surface area contributed by atoms with Crippen LogP contribution in [0.3, 0.4) is 0 Å². The molecule has 15 heavy (non-hydrogen) atoms. The maximum atomic E-state index is 11.0. The lowest BCUT2D eigenvalue weighted by molar-refractivity contribution is -0.120. The normalized spacial score (nSPS) is 54.0. The fourth-order valence-electron chi connectivity index (χ4n) is 4.24. The topological polar surface area (TPSA) is 55.5 Å². The average Bonchev–Trinajstić information content (AvgIpc) is 2.92. The summed E-state index contributed by atoms with van der Waals surface area (Å²) in [6.07, 6.45) is 5.65. The van der Waals surface area contributed by atoms with Gasteiger partial charge in [0.05, 0.1) is 12.2 Å². The van der Waals surface area contributed by atoms with Crippen molar-refractivity contribution in [2.24, 2.45) is 23.0 Å². The van der Waals surface area contributed by atoms with Crippen molar-refractivity contribution in [2.75, 3.05) is 19.8 Å². The van der Waals surface area contributed by atoms with Crippen molar-refractivity contribution >= 4 is 0 Å². The van der Waals surface area contributed by atoms with Gasteiger partial charge in [0.15, 0.2) is 0 Å². The van der Waals surface area contributed by atoms with Crippen molar-refractivity contribution in [1.82, 2.24) is 0 Å². The Balaban J connectivity index is 1.91. The fourth-order valence-corrected chi connectivity index (χ4v) is 4.24. The standard InChI is InChI=1S/C12H21NO2/c13-7-11(3-4-15-8-11)12(14)6-9-1-2-10(12)5-9/h9-10,14H,1-8,13H2. The molecule has 0 aromatic carbocycles. The number of aliphatic hydroxyl groups is 1. The largest absolute Gasteiger partial charge is 0.389 e. The van der Waals surface area contributed by atoms with E-state index in [1.165, 1.54) is 19.3 Å². The van der Waals surface area contributed by atoms with E-state index in [1.54, 1.807) is 0 Å². The van der Waals surface area contributed by atoms with Crippen LogP contribution in [-0.4, -0.2) is 30.5 Å². The summed E-state index contributed by atoms with van der Waals surface area (Å²) >= 11 is 0. The van der Waals surface area contributed by atoms with E-state index in [4.69, 9.17) is 10.5 Å². The second-order valence-corrected chi connectivity index (χ2v) is 5.79. The minimum atomic E-state index is -0.513. The molecular formula is C12H21NO2. The van der Waals surface area contributed by atoms with Crippen molar-refractivity contribution in [1.29, 1.82) is 0 Å². The summed E-state index contributed by atoms with van der Waals surface area (Å²) in [5.41, 5.74) is 5.28. The zero-order valence-electron chi connectivity index (χ0n) is 9.24. The molecule has 3 rings (SSSR count). The van der Waals surface area contributed by atoms with Crippen molar-refractivity contribution in [3.63, 3.8) is 0 Å². The highest BCUT2D eigenvalue weighted by atomic mass is 16.5. The van der Waals surface area contributed by atoms with Gasteiger partial charge in [0.2, 0.25) is 0 Å². The van der Waals surface area contributed by atoms with Crippen molar-refractivity contribution in [3.8, 4) is 0 Å². The van der Waals surface area contributed by atoms with Gasteiger partial charge in [0.25, 0.3) is 0 Å². The Morgan fingerprint density at radius 3 is 2.73 bits per heavy atom. The van der Waals surface area contributed by atoms with E-state index < -0.39 is 5.60 Å². The van der Waals surface area contributed by atoms with E-state index >= 15 is 0 Å². The Hall–Kier alpha value is -0.120. The molecule has 3 N–H and O–H groups in total. The molecule has 3 aliphatic rings. The molecule has 86 valence electrons. The van der Waals surface area contributed by atoms with Gasteiger partial charge in [-0.3, -0.25) is 0 Å². The van der Waals surface area contributed by atoms with E-state index in [-0.39, 0.29) is 5.41 Å². The van der Waals surface area contributed by atoms with Crippen LogP contribution in [-0.2, 0) is 4.74 Å². The second kappa shape index (κ2) is 3.19. The van der Waals surface area contributed by atoms with E-state index in [0.717, 1.165) is 25.4 Å². The summed E-state index contributed by atoms with van der Waals surface area (Å²) < 4.78 is 5.50. The molecule has 3 nitrogen and oxygen atoms in total. The van der Waals surface area contributed by atoms with Crippen LogP contribution >= 0.6 is 0 Å². The van der Waals surface area contributed by atoms with Crippen LogP contribution in [0.5, 0.6) is 0 Å². The molecule has 0 aromatic rings. The molecule has 0 spiro atoms. The highest BCUT2D eigenvalue weighted by Crippen LogP contribution is 2.59. The first-order valence-electron chi connectivity index (χ1n) is 6.20. The predicted octanol–water partition coefficient (Wildman–Crippen LogP) is 0.903. The van der Waals surface area contributed by atoms with Crippen LogP contribution in [0.1, 0.15) is 32.1 Å². The van der Waals surface area contributed by atoms with E-state index in [0.29, 0.717) is 19.1 Å².